The number of nitrogens with zero attached hydrogens (tertiary/aromatic N) is 5. The SMILES string of the molecule is COc1nc(N)nc(NCCc2noc(C)n2)n1. The Labute approximate surface area is 103 Å². The van der Waals surface area contributed by atoms with Crippen molar-refractivity contribution in [1.82, 2.24) is 25.1 Å². The maximum Gasteiger partial charge on any atom is 0.322 e. The topological polar surface area (TPSA) is 125 Å². The summed E-state index contributed by atoms with van der Waals surface area (Å²) in [7, 11) is 1.46. The lowest BCUT2D eigenvalue weighted by molar-refractivity contribution is 0.379. The molecule has 9 heteroatoms. The molecule has 9 nitrogen and oxygen atoms in total. The van der Waals surface area contributed by atoms with Crippen molar-refractivity contribution in [2.24, 2.45) is 0 Å². The van der Waals surface area contributed by atoms with Gasteiger partial charge in [0.1, 0.15) is 0 Å². The minimum absolute atomic E-state index is 0.0970. The number of nitrogen functional groups attached to an aromatic ring is 1. The second-order valence-electron chi connectivity index (χ2n) is 3.41. The molecule has 0 aliphatic rings. The molecule has 0 spiro atoms. The predicted molar refractivity (Wildman–Crippen MR) is 62.0 cm³/mol. The zero-order valence-corrected chi connectivity index (χ0v) is 10.0. The van der Waals surface area contributed by atoms with E-state index in [-0.39, 0.29) is 12.0 Å². The van der Waals surface area contributed by atoms with Gasteiger partial charge in [0.05, 0.1) is 7.11 Å². The zero-order valence-electron chi connectivity index (χ0n) is 10.0. The zero-order chi connectivity index (χ0) is 13.0. The third-order valence-corrected chi connectivity index (χ3v) is 2.02. The fourth-order valence-electron chi connectivity index (χ4n) is 1.27. The van der Waals surface area contributed by atoms with Crippen molar-refractivity contribution in [2.45, 2.75) is 13.3 Å². The van der Waals surface area contributed by atoms with Crippen molar-refractivity contribution < 1.29 is 9.26 Å². The van der Waals surface area contributed by atoms with Gasteiger partial charge >= 0.3 is 6.01 Å². The number of methoxy groups -OCH3 is 1. The van der Waals surface area contributed by atoms with Gasteiger partial charge in [-0.3, -0.25) is 0 Å². The summed E-state index contributed by atoms with van der Waals surface area (Å²) in [5, 5.41) is 6.74. The molecule has 0 radical (unpaired) electrons. The molecule has 0 amide bonds. The first-order chi connectivity index (χ1) is 8.67. The molecular formula is C9H13N7O2. The lowest BCUT2D eigenvalue weighted by atomic mass is 10.4. The standard InChI is InChI=1S/C9H13N7O2/c1-5-12-6(16-18-5)3-4-11-8-13-7(10)14-9(15-8)17-2/h3-4H2,1-2H3,(H3,10,11,13,14,15). The number of nitrogens with one attached hydrogen (secondary N) is 1. The van der Waals surface area contributed by atoms with Crippen LogP contribution in [0.2, 0.25) is 0 Å². The number of aryl methyl sites for hydroxylation is 1. The van der Waals surface area contributed by atoms with Crippen LogP contribution in [0.25, 0.3) is 0 Å². The molecule has 0 saturated carbocycles. The van der Waals surface area contributed by atoms with E-state index in [2.05, 4.69) is 30.4 Å². The van der Waals surface area contributed by atoms with Crippen molar-refractivity contribution in [2.75, 3.05) is 24.7 Å². The summed E-state index contributed by atoms with van der Waals surface area (Å²) in [6.07, 6.45) is 0.589. The Morgan fingerprint density at radius 1 is 1.28 bits per heavy atom. The number of anilines is 2. The Morgan fingerprint density at radius 2 is 2.11 bits per heavy atom. The van der Waals surface area contributed by atoms with Crippen molar-refractivity contribution in [1.29, 1.82) is 0 Å². The van der Waals surface area contributed by atoms with E-state index in [1.54, 1.807) is 6.92 Å². The Kier molecular flexibility index (Phi) is 3.51. The minimum atomic E-state index is 0.0970. The van der Waals surface area contributed by atoms with E-state index in [9.17, 15) is 0 Å². The number of rotatable bonds is 5. The third-order valence-electron chi connectivity index (χ3n) is 2.02. The van der Waals surface area contributed by atoms with Crippen LogP contribution in [0.1, 0.15) is 11.7 Å². The van der Waals surface area contributed by atoms with E-state index >= 15 is 0 Å². The Morgan fingerprint density at radius 3 is 2.78 bits per heavy atom. The monoisotopic (exact) mass is 251 g/mol. The van der Waals surface area contributed by atoms with Gasteiger partial charge in [0.25, 0.3) is 0 Å². The largest absolute Gasteiger partial charge is 0.467 e. The molecule has 2 rings (SSSR count). The lowest BCUT2D eigenvalue weighted by Gasteiger charge is -2.04. The van der Waals surface area contributed by atoms with E-state index in [0.29, 0.717) is 30.6 Å². The molecule has 96 valence electrons. The molecule has 0 aliphatic heterocycles. The molecule has 3 N–H and O–H groups in total. The molecule has 0 bridgehead atoms. The van der Waals surface area contributed by atoms with E-state index in [4.69, 9.17) is 15.0 Å². The van der Waals surface area contributed by atoms with Crippen LogP contribution in [0.4, 0.5) is 11.9 Å². The summed E-state index contributed by atoms with van der Waals surface area (Å²) in [6, 6.07) is 0.167. The van der Waals surface area contributed by atoms with Gasteiger partial charge in [-0.1, -0.05) is 5.16 Å². The van der Waals surface area contributed by atoms with Crippen LogP contribution in [-0.2, 0) is 6.42 Å². The third kappa shape index (κ3) is 3.03. The van der Waals surface area contributed by atoms with Crippen molar-refractivity contribution in [3.05, 3.63) is 11.7 Å². The van der Waals surface area contributed by atoms with Crippen LogP contribution in [0.5, 0.6) is 6.01 Å². The van der Waals surface area contributed by atoms with Crippen LogP contribution >= 0.6 is 0 Å². The normalized spacial score (nSPS) is 10.3. The van der Waals surface area contributed by atoms with E-state index in [0.717, 1.165) is 0 Å². The predicted octanol–water partition coefficient (Wildman–Crippen LogP) is -0.192. The first kappa shape index (κ1) is 12.0. The summed E-state index contributed by atoms with van der Waals surface area (Å²) in [5.41, 5.74) is 5.50. The molecule has 2 aromatic rings. The molecule has 0 aromatic carbocycles. The van der Waals surface area contributed by atoms with Crippen LogP contribution in [0.3, 0.4) is 0 Å². The summed E-state index contributed by atoms with van der Waals surface area (Å²) < 4.78 is 9.73. The maximum atomic E-state index is 5.50. The maximum absolute atomic E-state index is 5.50. The van der Waals surface area contributed by atoms with Crippen LogP contribution < -0.4 is 15.8 Å². The number of hydrogen-bond donors (Lipinski definition) is 2. The highest BCUT2D eigenvalue weighted by atomic mass is 16.5. The van der Waals surface area contributed by atoms with E-state index < -0.39 is 0 Å². The highest BCUT2D eigenvalue weighted by Gasteiger charge is 2.05. The molecular weight excluding hydrogens is 238 g/mol. The smallest absolute Gasteiger partial charge is 0.322 e. The number of nitrogens with two attached hydrogens (primary N) is 1. The Hall–Kier alpha value is -2.45. The van der Waals surface area contributed by atoms with Gasteiger partial charge in [0, 0.05) is 19.9 Å². The minimum Gasteiger partial charge on any atom is -0.467 e. The van der Waals surface area contributed by atoms with Gasteiger partial charge in [0.15, 0.2) is 5.82 Å². The quantitative estimate of drug-likeness (QED) is 0.743. The van der Waals surface area contributed by atoms with Crippen molar-refractivity contribution >= 4 is 11.9 Å². The summed E-state index contributed by atoms with van der Waals surface area (Å²) >= 11 is 0. The average Bonchev–Trinajstić information content (AvgIpc) is 2.74. The molecule has 0 unspecified atom stereocenters. The molecule has 0 fully saturated rings. The second-order valence-corrected chi connectivity index (χ2v) is 3.41. The molecule has 2 aromatic heterocycles. The van der Waals surface area contributed by atoms with Crippen LogP contribution in [0, 0.1) is 6.92 Å². The first-order valence-corrected chi connectivity index (χ1v) is 5.26. The highest BCUT2D eigenvalue weighted by Crippen LogP contribution is 2.08. The van der Waals surface area contributed by atoms with Gasteiger partial charge in [-0.15, -0.1) is 0 Å². The first-order valence-electron chi connectivity index (χ1n) is 5.26. The molecule has 2 heterocycles. The molecule has 0 saturated heterocycles. The van der Waals surface area contributed by atoms with Crippen LogP contribution in [-0.4, -0.2) is 38.7 Å². The van der Waals surface area contributed by atoms with Gasteiger partial charge in [0.2, 0.25) is 17.8 Å². The van der Waals surface area contributed by atoms with Gasteiger partial charge in [-0.2, -0.15) is 19.9 Å². The Bertz CT molecular complexity index is 527. The highest BCUT2D eigenvalue weighted by molar-refractivity contribution is 5.32. The number of aromatic nitrogens is 5. The number of hydrogen-bond acceptors (Lipinski definition) is 9. The van der Waals surface area contributed by atoms with Gasteiger partial charge in [-0.25, -0.2) is 0 Å². The Balaban J connectivity index is 1.91. The molecule has 18 heavy (non-hydrogen) atoms. The molecule has 0 aliphatic carbocycles. The molecule has 0 atom stereocenters. The van der Waals surface area contributed by atoms with E-state index in [1.807, 2.05) is 0 Å². The van der Waals surface area contributed by atoms with Crippen molar-refractivity contribution in [3.8, 4) is 6.01 Å². The number of ether oxygens (including phenoxy) is 1. The van der Waals surface area contributed by atoms with E-state index in [1.165, 1.54) is 7.11 Å². The summed E-state index contributed by atoms with van der Waals surface area (Å²) in [5.74, 6) is 1.60. The van der Waals surface area contributed by atoms with Crippen LogP contribution in [0.15, 0.2) is 4.52 Å². The average molecular weight is 251 g/mol. The fraction of sp³-hybridized carbons (Fsp3) is 0.444. The fourth-order valence-corrected chi connectivity index (χ4v) is 1.27. The lowest BCUT2D eigenvalue weighted by Crippen LogP contribution is -2.11. The summed E-state index contributed by atoms with van der Waals surface area (Å²) in [6.45, 7) is 2.28. The van der Waals surface area contributed by atoms with Gasteiger partial charge in [-0.05, 0) is 0 Å². The van der Waals surface area contributed by atoms with Gasteiger partial charge < -0.3 is 20.3 Å². The summed E-state index contributed by atoms with van der Waals surface area (Å²) in [4.78, 5) is 15.8. The van der Waals surface area contributed by atoms with Crippen molar-refractivity contribution in [3.63, 3.8) is 0 Å². The second kappa shape index (κ2) is 5.25.